The Morgan fingerprint density at radius 3 is 2.95 bits per heavy atom. The molecule has 0 spiro atoms. The van der Waals surface area contributed by atoms with Gasteiger partial charge in [0.25, 0.3) is 0 Å². The van der Waals surface area contributed by atoms with Crippen LogP contribution in [0.1, 0.15) is 25.7 Å². The van der Waals surface area contributed by atoms with Gasteiger partial charge in [0, 0.05) is 26.1 Å². The summed E-state index contributed by atoms with van der Waals surface area (Å²) in [6.45, 7) is 2.28. The van der Waals surface area contributed by atoms with E-state index in [9.17, 15) is 9.18 Å². The van der Waals surface area contributed by atoms with Crippen LogP contribution in [0.15, 0.2) is 18.2 Å². The standard InChI is InChI=1S/C15H19FN4O/c16-11-4-5-12-13(10-11)19-15(18-12)17-7-6-14(21)20-8-2-1-3-9-20/h4-5,10H,1-3,6-9H2,(H2,17,18,19). The topological polar surface area (TPSA) is 61.0 Å². The highest BCUT2D eigenvalue weighted by atomic mass is 19.1. The highest BCUT2D eigenvalue weighted by Crippen LogP contribution is 2.15. The number of imidazole rings is 1. The Labute approximate surface area is 122 Å². The molecule has 1 aliphatic heterocycles. The van der Waals surface area contributed by atoms with Gasteiger partial charge >= 0.3 is 0 Å². The van der Waals surface area contributed by atoms with E-state index in [-0.39, 0.29) is 11.7 Å². The summed E-state index contributed by atoms with van der Waals surface area (Å²) in [6, 6.07) is 4.42. The van der Waals surface area contributed by atoms with Gasteiger partial charge in [0.1, 0.15) is 5.82 Å². The fourth-order valence-corrected chi connectivity index (χ4v) is 2.65. The number of aromatic amines is 1. The quantitative estimate of drug-likeness (QED) is 0.909. The number of H-pyrrole nitrogens is 1. The third-order valence-corrected chi connectivity index (χ3v) is 3.78. The zero-order chi connectivity index (χ0) is 14.7. The van der Waals surface area contributed by atoms with Crippen LogP contribution < -0.4 is 5.32 Å². The zero-order valence-corrected chi connectivity index (χ0v) is 11.9. The average Bonchev–Trinajstić information content (AvgIpc) is 2.89. The first-order valence-electron chi connectivity index (χ1n) is 7.39. The fraction of sp³-hybridized carbons (Fsp3) is 0.467. The van der Waals surface area contributed by atoms with E-state index in [4.69, 9.17) is 0 Å². The molecule has 1 fully saturated rings. The number of aromatic nitrogens is 2. The number of amides is 1. The minimum Gasteiger partial charge on any atom is -0.355 e. The van der Waals surface area contributed by atoms with Crippen LogP contribution in [-0.4, -0.2) is 40.4 Å². The Hall–Kier alpha value is -2.11. The second-order valence-electron chi connectivity index (χ2n) is 5.37. The molecule has 0 unspecified atom stereocenters. The highest BCUT2D eigenvalue weighted by molar-refractivity contribution is 5.78. The number of benzene rings is 1. The van der Waals surface area contributed by atoms with E-state index >= 15 is 0 Å². The Balaban J connectivity index is 1.53. The number of anilines is 1. The minimum absolute atomic E-state index is 0.185. The number of carbonyl (C=O) groups excluding carboxylic acids is 1. The first-order chi connectivity index (χ1) is 10.2. The molecule has 1 aliphatic rings. The molecule has 1 aromatic heterocycles. The lowest BCUT2D eigenvalue weighted by molar-refractivity contribution is -0.131. The Bertz CT molecular complexity index is 634. The van der Waals surface area contributed by atoms with Crippen molar-refractivity contribution in [2.75, 3.05) is 25.0 Å². The Morgan fingerprint density at radius 1 is 1.33 bits per heavy atom. The molecular formula is C15H19FN4O. The van der Waals surface area contributed by atoms with Gasteiger partial charge in [0.15, 0.2) is 0 Å². The second-order valence-corrected chi connectivity index (χ2v) is 5.37. The minimum atomic E-state index is -0.294. The van der Waals surface area contributed by atoms with Crippen LogP contribution in [0.3, 0.4) is 0 Å². The number of rotatable bonds is 4. The predicted molar refractivity (Wildman–Crippen MR) is 79.6 cm³/mol. The van der Waals surface area contributed by atoms with E-state index in [1.54, 1.807) is 6.07 Å². The van der Waals surface area contributed by atoms with Gasteiger partial charge in [-0.2, -0.15) is 0 Å². The summed E-state index contributed by atoms with van der Waals surface area (Å²) >= 11 is 0. The first-order valence-corrected chi connectivity index (χ1v) is 7.39. The summed E-state index contributed by atoms with van der Waals surface area (Å²) in [5, 5.41) is 3.09. The van der Waals surface area contributed by atoms with Crippen molar-refractivity contribution >= 4 is 22.9 Å². The maximum absolute atomic E-state index is 13.1. The van der Waals surface area contributed by atoms with Gasteiger partial charge in [-0.15, -0.1) is 0 Å². The van der Waals surface area contributed by atoms with Crippen molar-refractivity contribution in [3.8, 4) is 0 Å². The molecule has 6 heteroatoms. The van der Waals surface area contributed by atoms with Gasteiger partial charge in [-0.1, -0.05) is 0 Å². The molecule has 0 aliphatic carbocycles. The zero-order valence-electron chi connectivity index (χ0n) is 11.9. The Kier molecular flexibility index (Phi) is 4.03. The van der Waals surface area contributed by atoms with E-state index in [0.717, 1.165) is 25.9 Å². The molecule has 1 aromatic carbocycles. The number of likely N-dealkylation sites (tertiary alicyclic amines) is 1. The van der Waals surface area contributed by atoms with Crippen molar-refractivity contribution in [2.24, 2.45) is 0 Å². The number of piperidine rings is 1. The SMILES string of the molecule is O=C(CCNc1nc2ccc(F)cc2[nH]1)N1CCCCC1. The normalized spacial score (nSPS) is 15.4. The van der Waals surface area contributed by atoms with Gasteiger partial charge in [-0.3, -0.25) is 4.79 Å². The van der Waals surface area contributed by atoms with Crippen molar-refractivity contribution in [1.29, 1.82) is 0 Å². The molecule has 0 saturated carbocycles. The van der Waals surface area contributed by atoms with Gasteiger partial charge in [0.05, 0.1) is 11.0 Å². The molecule has 5 nitrogen and oxygen atoms in total. The average molecular weight is 290 g/mol. The van der Waals surface area contributed by atoms with Gasteiger partial charge in [-0.25, -0.2) is 9.37 Å². The largest absolute Gasteiger partial charge is 0.355 e. The van der Waals surface area contributed by atoms with Crippen molar-refractivity contribution < 1.29 is 9.18 Å². The van der Waals surface area contributed by atoms with E-state index < -0.39 is 0 Å². The summed E-state index contributed by atoms with van der Waals surface area (Å²) in [6.07, 6.45) is 3.88. The number of nitrogens with zero attached hydrogens (tertiary/aromatic N) is 2. The molecule has 112 valence electrons. The lowest BCUT2D eigenvalue weighted by Crippen LogP contribution is -2.36. The summed E-state index contributed by atoms with van der Waals surface area (Å²) in [5.74, 6) is 0.462. The summed E-state index contributed by atoms with van der Waals surface area (Å²) in [4.78, 5) is 21.2. The number of hydrogen-bond acceptors (Lipinski definition) is 3. The molecule has 1 saturated heterocycles. The lowest BCUT2D eigenvalue weighted by atomic mass is 10.1. The van der Waals surface area contributed by atoms with E-state index in [0.29, 0.717) is 29.9 Å². The first kappa shape index (κ1) is 13.9. The number of halogens is 1. The van der Waals surface area contributed by atoms with Crippen LogP contribution in [0.5, 0.6) is 0 Å². The number of hydrogen-bond donors (Lipinski definition) is 2. The molecule has 2 aromatic rings. The highest BCUT2D eigenvalue weighted by Gasteiger charge is 2.15. The fourth-order valence-electron chi connectivity index (χ4n) is 2.65. The van der Waals surface area contributed by atoms with Crippen molar-refractivity contribution in [3.05, 3.63) is 24.0 Å². The molecular weight excluding hydrogens is 271 g/mol. The smallest absolute Gasteiger partial charge is 0.224 e. The lowest BCUT2D eigenvalue weighted by Gasteiger charge is -2.26. The van der Waals surface area contributed by atoms with E-state index in [1.165, 1.54) is 18.6 Å². The molecule has 0 atom stereocenters. The summed E-state index contributed by atoms with van der Waals surface area (Å²) < 4.78 is 13.1. The molecule has 0 radical (unpaired) electrons. The Morgan fingerprint density at radius 2 is 2.14 bits per heavy atom. The van der Waals surface area contributed by atoms with Crippen LogP contribution in [0.25, 0.3) is 11.0 Å². The predicted octanol–water partition coefficient (Wildman–Crippen LogP) is 2.52. The van der Waals surface area contributed by atoms with Crippen LogP contribution >= 0.6 is 0 Å². The monoisotopic (exact) mass is 290 g/mol. The van der Waals surface area contributed by atoms with Crippen LogP contribution in [0, 0.1) is 5.82 Å². The van der Waals surface area contributed by atoms with Gasteiger partial charge in [0.2, 0.25) is 11.9 Å². The van der Waals surface area contributed by atoms with Crippen molar-refractivity contribution in [2.45, 2.75) is 25.7 Å². The van der Waals surface area contributed by atoms with E-state index in [1.807, 2.05) is 4.90 Å². The number of nitrogens with one attached hydrogen (secondary N) is 2. The van der Waals surface area contributed by atoms with Gasteiger partial charge < -0.3 is 15.2 Å². The maximum Gasteiger partial charge on any atom is 0.224 e. The number of fused-ring (bicyclic) bond motifs is 1. The van der Waals surface area contributed by atoms with Crippen LogP contribution in [0.2, 0.25) is 0 Å². The molecule has 2 heterocycles. The molecule has 21 heavy (non-hydrogen) atoms. The molecule has 2 N–H and O–H groups in total. The van der Waals surface area contributed by atoms with Gasteiger partial charge in [-0.05, 0) is 37.5 Å². The van der Waals surface area contributed by atoms with E-state index in [2.05, 4.69) is 15.3 Å². The van der Waals surface area contributed by atoms with Crippen molar-refractivity contribution in [1.82, 2.24) is 14.9 Å². The second kappa shape index (κ2) is 6.11. The summed E-state index contributed by atoms with van der Waals surface area (Å²) in [5.41, 5.74) is 1.36. The van der Waals surface area contributed by atoms with Crippen LogP contribution in [0.4, 0.5) is 10.3 Å². The third-order valence-electron chi connectivity index (χ3n) is 3.78. The number of carbonyl (C=O) groups is 1. The van der Waals surface area contributed by atoms with Crippen LogP contribution in [-0.2, 0) is 4.79 Å². The molecule has 3 rings (SSSR count). The van der Waals surface area contributed by atoms with Crippen molar-refractivity contribution in [3.63, 3.8) is 0 Å². The summed E-state index contributed by atoms with van der Waals surface area (Å²) in [7, 11) is 0. The molecule has 0 bridgehead atoms. The maximum atomic E-state index is 13.1. The third kappa shape index (κ3) is 3.32. The molecule has 1 amide bonds.